The zero-order valence-corrected chi connectivity index (χ0v) is 19.1. The average Bonchev–Trinajstić information content (AvgIpc) is 3.16. The van der Waals surface area contributed by atoms with Crippen molar-refractivity contribution in [2.45, 2.75) is 91.6 Å². The fraction of sp³-hybridized carbons (Fsp3) is 0.727. The van der Waals surface area contributed by atoms with E-state index in [9.17, 15) is 0 Å². The van der Waals surface area contributed by atoms with E-state index in [4.69, 9.17) is 4.74 Å². The van der Waals surface area contributed by atoms with Crippen molar-refractivity contribution < 1.29 is 4.74 Å². The Morgan fingerprint density at radius 2 is 1.42 bits per heavy atom. The summed E-state index contributed by atoms with van der Waals surface area (Å²) in [6, 6.07) is 9.85. The molecular formula is C22H38OSn. The second-order valence-electron chi connectivity index (χ2n) is 7.71. The second kappa shape index (κ2) is 10.9. The summed E-state index contributed by atoms with van der Waals surface area (Å²) in [6.45, 7) is 8.02. The minimum absolute atomic E-state index is 0.366. The molecule has 1 saturated heterocycles. The summed E-state index contributed by atoms with van der Waals surface area (Å²) in [5.41, 5.74) is 1.41. The first-order chi connectivity index (χ1) is 11.8. The van der Waals surface area contributed by atoms with Crippen molar-refractivity contribution in [1.29, 1.82) is 0 Å². The number of unbranched alkanes of at least 4 members (excludes halogenated alkanes) is 3. The third-order valence-electron chi connectivity index (χ3n) is 5.85. The standard InChI is InChI=1S/C10H11O.3C4H9.Sn/c1-2-5-9(6-3-1)10-7-4-8-11-10;3*1-3-4-2;/h2-3,5-6,10H,4,7-8H2;3*1,3-4H2,2H3;. The Balaban J connectivity index is 2.21. The maximum absolute atomic E-state index is 5.88. The number of hydrogen-bond acceptors (Lipinski definition) is 1. The van der Waals surface area contributed by atoms with Gasteiger partial charge < -0.3 is 0 Å². The van der Waals surface area contributed by atoms with Crippen LogP contribution in [0.25, 0.3) is 0 Å². The third-order valence-corrected chi connectivity index (χ3v) is 21.5. The molecule has 0 radical (unpaired) electrons. The first-order valence-electron chi connectivity index (χ1n) is 10.5. The fourth-order valence-corrected chi connectivity index (χ4v) is 20.2. The Morgan fingerprint density at radius 3 is 1.83 bits per heavy atom. The molecule has 0 N–H and O–H groups in total. The summed E-state index contributed by atoms with van der Waals surface area (Å²) >= 11 is -2.23. The summed E-state index contributed by atoms with van der Waals surface area (Å²) < 4.78 is 12.3. The van der Waals surface area contributed by atoms with Crippen LogP contribution in [0.2, 0.25) is 13.3 Å². The van der Waals surface area contributed by atoms with Gasteiger partial charge in [-0.05, 0) is 0 Å². The molecule has 0 bridgehead atoms. The van der Waals surface area contributed by atoms with Crippen LogP contribution in [0.15, 0.2) is 24.3 Å². The normalized spacial score (nSPS) is 18.2. The molecule has 1 heterocycles. The molecule has 1 aliphatic rings. The zero-order valence-electron chi connectivity index (χ0n) is 16.3. The zero-order chi connectivity index (χ0) is 17.3. The molecule has 1 nitrogen and oxygen atoms in total. The van der Waals surface area contributed by atoms with E-state index < -0.39 is 18.4 Å². The maximum atomic E-state index is 5.88. The van der Waals surface area contributed by atoms with Crippen LogP contribution in [0.3, 0.4) is 0 Å². The van der Waals surface area contributed by atoms with E-state index in [1.165, 1.54) is 56.9 Å². The van der Waals surface area contributed by atoms with Gasteiger partial charge in [-0.2, -0.15) is 0 Å². The van der Waals surface area contributed by atoms with E-state index in [2.05, 4.69) is 45.0 Å². The third kappa shape index (κ3) is 5.49. The van der Waals surface area contributed by atoms with Crippen molar-refractivity contribution >= 4 is 22.0 Å². The average molecular weight is 437 g/mol. The first-order valence-corrected chi connectivity index (χ1v) is 18.0. The van der Waals surface area contributed by atoms with Crippen LogP contribution in [0.5, 0.6) is 0 Å². The van der Waals surface area contributed by atoms with Gasteiger partial charge in [0.25, 0.3) is 0 Å². The summed E-state index contributed by atoms with van der Waals surface area (Å²) in [7, 11) is 0. The Kier molecular flexibility index (Phi) is 9.18. The molecule has 2 heteroatoms. The SMILES string of the molecule is CCC[CH2][Sn]([CH2]CCC)([CH2]CCC)[c]1ccc(C2CCCO2)cc1. The Morgan fingerprint density at radius 1 is 0.875 bits per heavy atom. The number of hydrogen-bond donors (Lipinski definition) is 0. The van der Waals surface area contributed by atoms with Crippen LogP contribution in [0, 0.1) is 0 Å². The van der Waals surface area contributed by atoms with Gasteiger partial charge >= 0.3 is 155 Å². The van der Waals surface area contributed by atoms with E-state index in [0.29, 0.717) is 6.10 Å². The van der Waals surface area contributed by atoms with Crippen LogP contribution in [-0.2, 0) is 4.74 Å². The van der Waals surface area contributed by atoms with E-state index in [0.717, 1.165) is 6.61 Å². The van der Waals surface area contributed by atoms with Crippen molar-refractivity contribution in [2.75, 3.05) is 6.61 Å². The van der Waals surface area contributed by atoms with Crippen LogP contribution in [0.4, 0.5) is 0 Å². The molecule has 1 unspecified atom stereocenters. The van der Waals surface area contributed by atoms with Gasteiger partial charge in [-0.3, -0.25) is 0 Å². The van der Waals surface area contributed by atoms with E-state index in [1.807, 2.05) is 0 Å². The van der Waals surface area contributed by atoms with Gasteiger partial charge in [0.05, 0.1) is 0 Å². The molecule has 0 aromatic heterocycles. The van der Waals surface area contributed by atoms with Crippen LogP contribution >= 0.6 is 0 Å². The monoisotopic (exact) mass is 438 g/mol. The molecule has 1 atom stereocenters. The van der Waals surface area contributed by atoms with Crippen LogP contribution < -0.4 is 3.58 Å². The van der Waals surface area contributed by atoms with Crippen molar-refractivity contribution in [1.82, 2.24) is 0 Å². The van der Waals surface area contributed by atoms with Gasteiger partial charge in [0.2, 0.25) is 0 Å². The molecule has 0 amide bonds. The molecule has 24 heavy (non-hydrogen) atoms. The summed E-state index contributed by atoms with van der Waals surface area (Å²) in [6.07, 6.45) is 11.2. The molecule has 1 fully saturated rings. The van der Waals surface area contributed by atoms with Crippen LogP contribution in [-0.4, -0.2) is 25.0 Å². The molecule has 0 spiro atoms. The number of ether oxygens (including phenoxy) is 1. The molecule has 2 rings (SSSR count). The van der Waals surface area contributed by atoms with E-state index in [1.54, 1.807) is 16.9 Å². The number of rotatable bonds is 11. The Hall–Kier alpha value is -0.0213. The Labute approximate surface area is 154 Å². The summed E-state index contributed by atoms with van der Waals surface area (Å²) in [5.74, 6) is 0. The molecule has 1 aliphatic heterocycles. The van der Waals surface area contributed by atoms with Gasteiger partial charge in [0.15, 0.2) is 0 Å². The van der Waals surface area contributed by atoms with Gasteiger partial charge in [-0.25, -0.2) is 0 Å². The molecule has 0 saturated carbocycles. The minimum atomic E-state index is -2.23. The van der Waals surface area contributed by atoms with E-state index >= 15 is 0 Å². The first kappa shape index (κ1) is 20.3. The van der Waals surface area contributed by atoms with Crippen LogP contribution in [0.1, 0.15) is 83.8 Å². The van der Waals surface area contributed by atoms with Gasteiger partial charge in [-0.15, -0.1) is 0 Å². The van der Waals surface area contributed by atoms with Crippen molar-refractivity contribution in [2.24, 2.45) is 0 Å². The molecule has 1 aromatic rings. The predicted octanol–water partition coefficient (Wildman–Crippen LogP) is 6.59. The fourth-order valence-electron chi connectivity index (χ4n) is 4.25. The van der Waals surface area contributed by atoms with Gasteiger partial charge in [0, 0.05) is 0 Å². The van der Waals surface area contributed by atoms with Crippen molar-refractivity contribution in [3.05, 3.63) is 29.8 Å². The Bertz CT molecular complexity index is 426. The van der Waals surface area contributed by atoms with Crippen molar-refractivity contribution in [3.63, 3.8) is 0 Å². The van der Waals surface area contributed by atoms with Crippen molar-refractivity contribution in [3.8, 4) is 0 Å². The molecule has 1 aromatic carbocycles. The molecule has 136 valence electrons. The topological polar surface area (TPSA) is 9.23 Å². The molecular weight excluding hydrogens is 399 g/mol. The predicted molar refractivity (Wildman–Crippen MR) is 109 cm³/mol. The second-order valence-corrected chi connectivity index (χ2v) is 21.0. The van der Waals surface area contributed by atoms with Gasteiger partial charge in [0.1, 0.15) is 0 Å². The molecule has 0 aliphatic carbocycles. The number of benzene rings is 1. The summed E-state index contributed by atoms with van der Waals surface area (Å²) in [5, 5.41) is 0. The van der Waals surface area contributed by atoms with E-state index in [-0.39, 0.29) is 0 Å². The quantitative estimate of drug-likeness (QED) is 0.355. The summed E-state index contributed by atoms with van der Waals surface area (Å²) in [4.78, 5) is 0. The van der Waals surface area contributed by atoms with Gasteiger partial charge in [-0.1, -0.05) is 0 Å².